The van der Waals surface area contributed by atoms with E-state index in [1.165, 1.54) is 11.1 Å². The first-order valence-corrected chi connectivity index (χ1v) is 10.1. The number of benzene rings is 1. The van der Waals surface area contributed by atoms with E-state index in [0.29, 0.717) is 6.61 Å². The standard InChI is InChI=1S/C23H27BrN2O2/c1-5-28-23(27)14-18(3)16-26(13-11-20-8-6-17(2)7-9-20)19(4)22-15-21(24)10-12-25-22/h6-10,12,15-16H,4-5,11,13-14H2,1-3H3/b18-16+. The molecule has 0 aliphatic rings. The molecule has 5 heteroatoms. The second kappa shape index (κ2) is 10.8. The summed E-state index contributed by atoms with van der Waals surface area (Å²) in [5.74, 6) is -0.221. The highest BCUT2D eigenvalue weighted by atomic mass is 79.9. The van der Waals surface area contributed by atoms with Crippen LogP contribution >= 0.6 is 15.9 Å². The van der Waals surface area contributed by atoms with Crippen molar-refractivity contribution in [2.45, 2.75) is 33.6 Å². The molecule has 0 N–H and O–H groups in total. The van der Waals surface area contributed by atoms with Crippen molar-refractivity contribution in [1.29, 1.82) is 0 Å². The van der Waals surface area contributed by atoms with E-state index in [9.17, 15) is 4.79 Å². The number of ether oxygens (including phenoxy) is 1. The minimum Gasteiger partial charge on any atom is -0.466 e. The molecule has 0 saturated carbocycles. The molecule has 4 nitrogen and oxygen atoms in total. The fourth-order valence-corrected chi connectivity index (χ4v) is 3.08. The van der Waals surface area contributed by atoms with Gasteiger partial charge < -0.3 is 9.64 Å². The van der Waals surface area contributed by atoms with Crippen molar-refractivity contribution in [2.24, 2.45) is 0 Å². The second-order valence-electron chi connectivity index (χ2n) is 6.69. The number of halogens is 1. The van der Waals surface area contributed by atoms with E-state index in [1.54, 1.807) is 6.20 Å². The molecule has 0 fully saturated rings. The van der Waals surface area contributed by atoms with E-state index in [1.807, 2.05) is 32.2 Å². The summed E-state index contributed by atoms with van der Waals surface area (Å²) in [5.41, 5.74) is 4.99. The number of carbonyl (C=O) groups is 1. The Bertz CT molecular complexity index is 844. The van der Waals surface area contributed by atoms with E-state index in [2.05, 4.69) is 63.6 Å². The van der Waals surface area contributed by atoms with Gasteiger partial charge in [-0.25, -0.2) is 0 Å². The summed E-state index contributed by atoms with van der Waals surface area (Å²) in [6, 6.07) is 12.3. The molecule has 0 aliphatic carbocycles. The molecule has 0 bridgehead atoms. The van der Waals surface area contributed by atoms with E-state index < -0.39 is 0 Å². The molecule has 0 saturated heterocycles. The van der Waals surface area contributed by atoms with Crippen LogP contribution in [-0.4, -0.2) is 29.0 Å². The first-order chi connectivity index (χ1) is 13.4. The van der Waals surface area contributed by atoms with Gasteiger partial charge in [0.1, 0.15) is 0 Å². The SMILES string of the molecule is C=C(c1cc(Br)ccn1)N(/C=C(\C)CC(=O)OCC)CCc1ccc(C)cc1. The smallest absolute Gasteiger partial charge is 0.309 e. The lowest BCUT2D eigenvalue weighted by Crippen LogP contribution is -2.20. The summed E-state index contributed by atoms with van der Waals surface area (Å²) in [7, 11) is 0. The number of aromatic nitrogens is 1. The van der Waals surface area contributed by atoms with Crippen LogP contribution in [0, 0.1) is 6.92 Å². The lowest BCUT2D eigenvalue weighted by Gasteiger charge is -2.24. The van der Waals surface area contributed by atoms with Gasteiger partial charge in [-0.2, -0.15) is 0 Å². The van der Waals surface area contributed by atoms with Gasteiger partial charge in [-0.1, -0.05) is 52.3 Å². The molecule has 1 aromatic carbocycles. The number of nitrogens with zero attached hydrogens (tertiary/aromatic N) is 2. The second-order valence-corrected chi connectivity index (χ2v) is 7.61. The summed E-state index contributed by atoms with van der Waals surface area (Å²) in [4.78, 5) is 18.3. The highest BCUT2D eigenvalue weighted by molar-refractivity contribution is 9.10. The maximum absolute atomic E-state index is 11.8. The summed E-state index contributed by atoms with van der Waals surface area (Å²) in [5, 5.41) is 0. The van der Waals surface area contributed by atoms with Crippen molar-refractivity contribution in [3.05, 3.63) is 82.2 Å². The Morgan fingerprint density at radius 2 is 2.00 bits per heavy atom. The van der Waals surface area contributed by atoms with Crippen LogP contribution in [0.3, 0.4) is 0 Å². The third kappa shape index (κ3) is 6.97. The molecule has 1 aromatic heterocycles. The minimum absolute atomic E-state index is 0.221. The van der Waals surface area contributed by atoms with Crippen LogP contribution in [0.25, 0.3) is 5.70 Å². The fourth-order valence-electron chi connectivity index (χ4n) is 2.74. The van der Waals surface area contributed by atoms with Gasteiger partial charge in [0, 0.05) is 23.4 Å². The molecular weight excluding hydrogens is 416 g/mol. The summed E-state index contributed by atoms with van der Waals surface area (Å²) >= 11 is 3.49. The normalized spacial score (nSPS) is 11.2. The lowest BCUT2D eigenvalue weighted by molar-refractivity contribution is -0.142. The Balaban J connectivity index is 2.19. The zero-order chi connectivity index (χ0) is 20.5. The number of esters is 1. The van der Waals surface area contributed by atoms with Crippen LogP contribution in [0.2, 0.25) is 0 Å². The highest BCUT2D eigenvalue weighted by Gasteiger charge is 2.12. The number of rotatable bonds is 9. The van der Waals surface area contributed by atoms with Crippen molar-refractivity contribution < 1.29 is 9.53 Å². The average Bonchev–Trinajstić information content (AvgIpc) is 2.66. The number of carbonyl (C=O) groups excluding carboxylic acids is 1. The Morgan fingerprint density at radius 1 is 1.29 bits per heavy atom. The van der Waals surface area contributed by atoms with Gasteiger partial charge >= 0.3 is 5.97 Å². The fraction of sp³-hybridized carbons (Fsp3) is 0.304. The van der Waals surface area contributed by atoms with Crippen molar-refractivity contribution >= 4 is 27.6 Å². The molecule has 0 amide bonds. The molecule has 0 unspecified atom stereocenters. The molecule has 0 radical (unpaired) electrons. The van der Waals surface area contributed by atoms with Gasteiger partial charge in [0.05, 0.1) is 24.4 Å². The molecular formula is C23H27BrN2O2. The van der Waals surface area contributed by atoms with Crippen molar-refractivity contribution in [3.63, 3.8) is 0 Å². The Kier molecular flexibility index (Phi) is 8.45. The van der Waals surface area contributed by atoms with E-state index >= 15 is 0 Å². The molecule has 0 spiro atoms. The quantitative estimate of drug-likeness (QED) is 0.479. The maximum atomic E-state index is 11.8. The minimum atomic E-state index is -0.221. The highest BCUT2D eigenvalue weighted by Crippen LogP contribution is 2.21. The van der Waals surface area contributed by atoms with Gasteiger partial charge in [0.15, 0.2) is 0 Å². The largest absolute Gasteiger partial charge is 0.466 e. The Hall–Kier alpha value is -2.40. The van der Waals surface area contributed by atoms with Gasteiger partial charge in [-0.05, 0) is 50.5 Å². The van der Waals surface area contributed by atoms with E-state index in [0.717, 1.165) is 34.4 Å². The van der Waals surface area contributed by atoms with Crippen LogP contribution < -0.4 is 0 Å². The van der Waals surface area contributed by atoms with E-state index in [4.69, 9.17) is 4.74 Å². The number of hydrogen-bond acceptors (Lipinski definition) is 4. The number of pyridine rings is 1. The lowest BCUT2D eigenvalue weighted by atomic mass is 10.1. The van der Waals surface area contributed by atoms with Gasteiger partial charge in [0.25, 0.3) is 0 Å². The van der Waals surface area contributed by atoms with Crippen LogP contribution in [0.5, 0.6) is 0 Å². The maximum Gasteiger partial charge on any atom is 0.309 e. The molecule has 0 atom stereocenters. The van der Waals surface area contributed by atoms with Crippen LogP contribution in [0.4, 0.5) is 0 Å². The third-order valence-corrected chi connectivity index (χ3v) is 4.72. The average molecular weight is 443 g/mol. The van der Waals surface area contributed by atoms with Gasteiger partial charge in [-0.15, -0.1) is 0 Å². The summed E-state index contributed by atoms with van der Waals surface area (Å²) < 4.78 is 6.00. The topological polar surface area (TPSA) is 42.4 Å². The summed E-state index contributed by atoms with van der Waals surface area (Å²) in [6.07, 6.45) is 4.83. The Morgan fingerprint density at radius 3 is 2.64 bits per heavy atom. The number of aryl methyl sites for hydroxylation is 1. The van der Waals surface area contributed by atoms with E-state index in [-0.39, 0.29) is 12.4 Å². The molecule has 0 aliphatic heterocycles. The predicted octanol–water partition coefficient (Wildman–Crippen LogP) is 5.52. The van der Waals surface area contributed by atoms with Crippen molar-refractivity contribution in [2.75, 3.05) is 13.2 Å². The third-order valence-electron chi connectivity index (χ3n) is 4.23. The van der Waals surface area contributed by atoms with Crippen LogP contribution in [0.1, 0.15) is 37.1 Å². The Labute approximate surface area is 176 Å². The monoisotopic (exact) mass is 442 g/mol. The van der Waals surface area contributed by atoms with Crippen molar-refractivity contribution in [3.8, 4) is 0 Å². The first kappa shape index (κ1) is 21.9. The molecule has 28 heavy (non-hydrogen) atoms. The number of hydrogen-bond donors (Lipinski definition) is 0. The van der Waals surface area contributed by atoms with Crippen LogP contribution in [0.15, 0.2) is 65.4 Å². The molecule has 2 rings (SSSR count). The van der Waals surface area contributed by atoms with Crippen molar-refractivity contribution in [1.82, 2.24) is 9.88 Å². The zero-order valence-electron chi connectivity index (χ0n) is 16.7. The predicted molar refractivity (Wildman–Crippen MR) is 118 cm³/mol. The molecule has 2 aromatic rings. The first-order valence-electron chi connectivity index (χ1n) is 9.35. The van der Waals surface area contributed by atoms with Gasteiger partial charge in [-0.3, -0.25) is 9.78 Å². The summed E-state index contributed by atoms with van der Waals surface area (Å²) in [6.45, 7) is 11.2. The van der Waals surface area contributed by atoms with Gasteiger partial charge in [0.2, 0.25) is 0 Å². The zero-order valence-corrected chi connectivity index (χ0v) is 18.3. The molecule has 1 heterocycles. The van der Waals surface area contributed by atoms with Crippen LogP contribution in [-0.2, 0) is 16.0 Å². The molecule has 148 valence electrons.